The van der Waals surface area contributed by atoms with E-state index < -0.39 is 0 Å². The summed E-state index contributed by atoms with van der Waals surface area (Å²) in [7, 11) is 0. The Balaban J connectivity index is 1.73. The molecule has 22 heavy (non-hydrogen) atoms. The molecule has 1 aromatic carbocycles. The lowest BCUT2D eigenvalue weighted by Gasteiger charge is -2.37. The molecule has 0 unspecified atom stereocenters. The number of amides is 1. The molecule has 2 fully saturated rings. The van der Waals surface area contributed by atoms with Crippen molar-refractivity contribution in [3.8, 4) is 0 Å². The summed E-state index contributed by atoms with van der Waals surface area (Å²) >= 11 is 0. The van der Waals surface area contributed by atoms with E-state index in [0.717, 1.165) is 38.4 Å². The Morgan fingerprint density at radius 2 is 1.77 bits per heavy atom. The van der Waals surface area contributed by atoms with Crippen LogP contribution in [0.1, 0.15) is 25.3 Å². The van der Waals surface area contributed by atoms with E-state index in [1.165, 1.54) is 37.2 Å². The maximum atomic E-state index is 11.5. The quantitative estimate of drug-likeness (QED) is 0.861. The van der Waals surface area contributed by atoms with E-state index in [9.17, 15) is 4.79 Å². The van der Waals surface area contributed by atoms with Crippen molar-refractivity contribution in [3.05, 3.63) is 23.8 Å². The highest BCUT2D eigenvalue weighted by atomic mass is 16.2. The number of carbonyl (C=O) groups is 1. The lowest BCUT2D eigenvalue weighted by atomic mass is 10.1. The zero-order valence-corrected chi connectivity index (χ0v) is 13.4. The second-order valence-electron chi connectivity index (χ2n) is 6.36. The molecule has 2 N–H and O–H groups in total. The number of nitrogens with zero attached hydrogens (tertiary/aromatic N) is 3. The predicted molar refractivity (Wildman–Crippen MR) is 89.8 cm³/mol. The fourth-order valence-electron chi connectivity index (χ4n) is 3.48. The molecule has 2 saturated heterocycles. The fraction of sp³-hybridized carbons (Fsp3) is 0.588. The van der Waals surface area contributed by atoms with E-state index in [2.05, 4.69) is 21.9 Å². The van der Waals surface area contributed by atoms with Crippen molar-refractivity contribution in [2.75, 3.05) is 49.9 Å². The number of hydrogen-bond donors (Lipinski definition) is 1. The van der Waals surface area contributed by atoms with E-state index in [1.54, 1.807) is 6.92 Å². The topological polar surface area (TPSA) is 52.8 Å². The fourth-order valence-corrected chi connectivity index (χ4v) is 3.48. The van der Waals surface area contributed by atoms with Gasteiger partial charge in [0.15, 0.2) is 0 Å². The second-order valence-corrected chi connectivity index (χ2v) is 6.36. The van der Waals surface area contributed by atoms with Crippen molar-refractivity contribution >= 4 is 17.3 Å². The number of nitrogens with two attached hydrogens (primary N) is 1. The van der Waals surface area contributed by atoms with Crippen molar-refractivity contribution in [3.63, 3.8) is 0 Å². The summed E-state index contributed by atoms with van der Waals surface area (Å²) in [6, 6.07) is 6.25. The Morgan fingerprint density at radius 1 is 1.09 bits per heavy atom. The lowest BCUT2D eigenvalue weighted by Crippen LogP contribution is -2.48. The molecule has 0 aliphatic carbocycles. The minimum absolute atomic E-state index is 0.175. The molecule has 2 aliphatic heterocycles. The van der Waals surface area contributed by atoms with Gasteiger partial charge in [-0.1, -0.05) is 0 Å². The third-order valence-electron chi connectivity index (χ3n) is 4.76. The minimum Gasteiger partial charge on any atom is -0.399 e. The molecular formula is C17H26N4O. The summed E-state index contributed by atoms with van der Waals surface area (Å²) in [6.45, 7) is 8.42. The Kier molecular flexibility index (Phi) is 4.52. The normalized spacial score (nSPS) is 19.7. The molecule has 0 aromatic heterocycles. The van der Waals surface area contributed by atoms with E-state index in [4.69, 9.17) is 5.73 Å². The number of carbonyl (C=O) groups excluding carboxylic acids is 1. The van der Waals surface area contributed by atoms with E-state index in [0.29, 0.717) is 0 Å². The Labute approximate surface area is 132 Å². The standard InChI is InChI=1S/C17H26N4O/c1-14(22)20-8-10-21(11-9-20)17-5-4-16(18)12-15(17)13-19-6-2-3-7-19/h4-5,12H,2-3,6-11,13,18H2,1H3. The van der Waals surface area contributed by atoms with E-state index in [-0.39, 0.29) is 5.91 Å². The Bertz CT molecular complexity index is 531. The van der Waals surface area contributed by atoms with Gasteiger partial charge in [0.05, 0.1) is 0 Å². The van der Waals surface area contributed by atoms with Crippen molar-refractivity contribution in [1.29, 1.82) is 0 Å². The van der Waals surface area contributed by atoms with E-state index in [1.807, 2.05) is 11.0 Å². The Hall–Kier alpha value is -1.75. The van der Waals surface area contributed by atoms with Gasteiger partial charge in [-0.25, -0.2) is 0 Å². The molecule has 2 aliphatic rings. The van der Waals surface area contributed by atoms with Gasteiger partial charge >= 0.3 is 0 Å². The van der Waals surface area contributed by atoms with Gasteiger partial charge in [-0.3, -0.25) is 9.69 Å². The van der Waals surface area contributed by atoms with Gasteiger partial charge in [-0.2, -0.15) is 0 Å². The first-order valence-corrected chi connectivity index (χ1v) is 8.25. The minimum atomic E-state index is 0.175. The third-order valence-corrected chi connectivity index (χ3v) is 4.76. The van der Waals surface area contributed by atoms with Crippen LogP contribution in [0.3, 0.4) is 0 Å². The number of hydrogen-bond acceptors (Lipinski definition) is 4. The molecular weight excluding hydrogens is 276 g/mol. The smallest absolute Gasteiger partial charge is 0.219 e. The SMILES string of the molecule is CC(=O)N1CCN(c2ccc(N)cc2CN2CCCC2)CC1. The molecule has 3 rings (SSSR count). The van der Waals surface area contributed by atoms with Crippen LogP contribution in [0.25, 0.3) is 0 Å². The largest absolute Gasteiger partial charge is 0.399 e. The van der Waals surface area contributed by atoms with Crippen LogP contribution >= 0.6 is 0 Å². The Morgan fingerprint density at radius 3 is 2.41 bits per heavy atom. The zero-order valence-electron chi connectivity index (χ0n) is 13.4. The summed E-state index contributed by atoms with van der Waals surface area (Å²) in [5, 5.41) is 0. The number of anilines is 2. The number of nitrogen functional groups attached to an aromatic ring is 1. The first kappa shape index (κ1) is 15.2. The summed E-state index contributed by atoms with van der Waals surface area (Å²) in [5.41, 5.74) is 9.44. The first-order chi connectivity index (χ1) is 10.6. The van der Waals surface area contributed by atoms with Gasteiger partial charge < -0.3 is 15.5 Å². The van der Waals surface area contributed by atoms with Crippen molar-refractivity contribution < 1.29 is 4.79 Å². The van der Waals surface area contributed by atoms with Crippen LogP contribution in [0.4, 0.5) is 11.4 Å². The van der Waals surface area contributed by atoms with Crippen molar-refractivity contribution in [1.82, 2.24) is 9.80 Å². The number of benzene rings is 1. The number of likely N-dealkylation sites (tertiary alicyclic amines) is 1. The van der Waals surface area contributed by atoms with Crippen molar-refractivity contribution in [2.24, 2.45) is 0 Å². The van der Waals surface area contributed by atoms with Gasteiger partial charge in [0.25, 0.3) is 0 Å². The molecule has 1 amide bonds. The molecule has 0 spiro atoms. The average Bonchev–Trinajstić information content (AvgIpc) is 3.00. The average molecular weight is 302 g/mol. The summed E-state index contributed by atoms with van der Waals surface area (Å²) in [5.74, 6) is 0.175. The van der Waals surface area contributed by atoms with Gasteiger partial charge in [0.2, 0.25) is 5.91 Å². The van der Waals surface area contributed by atoms with Crippen LogP contribution in [0.2, 0.25) is 0 Å². The molecule has 0 radical (unpaired) electrons. The second kappa shape index (κ2) is 6.57. The number of rotatable bonds is 3. The first-order valence-electron chi connectivity index (χ1n) is 8.25. The molecule has 0 bridgehead atoms. The third kappa shape index (κ3) is 3.35. The van der Waals surface area contributed by atoms with Crippen LogP contribution in [-0.2, 0) is 11.3 Å². The monoisotopic (exact) mass is 302 g/mol. The molecule has 120 valence electrons. The molecule has 0 atom stereocenters. The van der Waals surface area contributed by atoms with Crippen LogP contribution < -0.4 is 10.6 Å². The molecule has 5 heteroatoms. The highest BCUT2D eigenvalue weighted by molar-refractivity contribution is 5.73. The van der Waals surface area contributed by atoms with Gasteiger partial charge in [0, 0.05) is 51.0 Å². The van der Waals surface area contributed by atoms with Crippen LogP contribution in [0, 0.1) is 0 Å². The summed E-state index contributed by atoms with van der Waals surface area (Å²) < 4.78 is 0. The molecule has 1 aromatic rings. The van der Waals surface area contributed by atoms with Gasteiger partial charge in [0.1, 0.15) is 0 Å². The lowest BCUT2D eigenvalue weighted by molar-refractivity contribution is -0.129. The predicted octanol–water partition coefficient (Wildman–Crippen LogP) is 1.53. The number of piperazine rings is 1. The zero-order chi connectivity index (χ0) is 15.5. The van der Waals surface area contributed by atoms with Crippen LogP contribution in [0.5, 0.6) is 0 Å². The molecule has 5 nitrogen and oxygen atoms in total. The van der Waals surface area contributed by atoms with Gasteiger partial charge in [-0.15, -0.1) is 0 Å². The highest BCUT2D eigenvalue weighted by Crippen LogP contribution is 2.27. The maximum absolute atomic E-state index is 11.5. The summed E-state index contributed by atoms with van der Waals surface area (Å²) in [4.78, 5) is 18.3. The highest BCUT2D eigenvalue weighted by Gasteiger charge is 2.22. The van der Waals surface area contributed by atoms with Crippen LogP contribution in [0.15, 0.2) is 18.2 Å². The van der Waals surface area contributed by atoms with Crippen molar-refractivity contribution in [2.45, 2.75) is 26.3 Å². The molecule has 0 saturated carbocycles. The van der Waals surface area contributed by atoms with E-state index >= 15 is 0 Å². The maximum Gasteiger partial charge on any atom is 0.219 e. The van der Waals surface area contributed by atoms with Gasteiger partial charge in [-0.05, 0) is 49.7 Å². The van der Waals surface area contributed by atoms with Crippen LogP contribution in [-0.4, -0.2) is 55.0 Å². The summed E-state index contributed by atoms with van der Waals surface area (Å²) in [6.07, 6.45) is 2.60. The molecule has 2 heterocycles.